The normalized spacial score (nSPS) is 22.2. The second-order valence-corrected chi connectivity index (χ2v) is 5.02. The zero-order valence-electron chi connectivity index (χ0n) is 11.3. The standard InChI is InChI=1S/C16H20O3/c1-2-19-16(18)14-10-6-9-13(14)15(17)11-12-7-4-3-5-8-12/h3-5,7-8,13-14H,2,6,9-11H2,1H3/t13-,14+/m1/s1. The van der Waals surface area contributed by atoms with E-state index in [0.29, 0.717) is 13.0 Å². The van der Waals surface area contributed by atoms with Crippen molar-refractivity contribution in [3.63, 3.8) is 0 Å². The number of hydrogen-bond acceptors (Lipinski definition) is 3. The summed E-state index contributed by atoms with van der Waals surface area (Å²) in [5.41, 5.74) is 1.02. The van der Waals surface area contributed by atoms with Crippen LogP contribution in [-0.2, 0) is 20.7 Å². The summed E-state index contributed by atoms with van der Waals surface area (Å²) in [6.45, 7) is 2.18. The van der Waals surface area contributed by atoms with E-state index in [0.717, 1.165) is 24.8 Å². The highest BCUT2D eigenvalue weighted by molar-refractivity contribution is 5.88. The maximum atomic E-state index is 12.3. The Kier molecular flexibility index (Phi) is 4.72. The second kappa shape index (κ2) is 6.50. The number of ether oxygens (including phenoxy) is 1. The molecule has 0 unspecified atom stereocenters. The van der Waals surface area contributed by atoms with Gasteiger partial charge in [-0.05, 0) is 25.3 Å². The number of rotatable bonds is 5. The Morgan fingerprint density at radius 3 is 2.53 bits per heavy atom. The van der Waals surface area contributed by atoms with Gasteiger partial charge in [-0.2, -0.15) is 0 Å². The minimum absolute atomic E-state index is 0.153. The maximum Gasteiger partial charge on any atom is 0.309 e. The first-order chi connectivity index (χ1) is 9.22. The maximum absolute atomic E-state index is 12.3. The fourth-order valence-corrected chi connectivity index (χ4v) is 2.80. The lowest BCUT2D eigenvalue weighted by atomic mass is 9.89. The van der Waals surface area contributed by atoms with Crippen LogP contribution in [0.1, 0.15) is 31.7 Å². The molecule has 2 rings (SSSR count). The van der Waals surface area contributed by atoms with Gasteiger partial charge in [-0.15, -0.1) is 0 Å². The average Bonchev–Trinajstić information content (AvgIpc) is 2.89. The molecule has 19 heavy (non-hydrogen) atoms. The molecule has 0 N–H and O–H groups in total. The Labute approximate surface area is 114 Å². The van der Waals surface area contributed by atoms with E-state index >= 15 is 0 Å². The van der Waals surface area contributed by atoms with Gasteiger partial charge in [0.05, 0.1) is 12.5 Å². The Morgan fingerprint density at radius 1 is 1.16 bits per heavy atom. The Bertz CT molecular complexity index is 439. The van der Waals surface area contributed by atoms with Crippen LogP contribution >= 0.6 is 0 Å². The SMILES string of the molecule is CCOC(=O)[C@H]1CCC[C@H]1C(=O)Cc1ccccc1. The molecule has 1 aliphatic rings. The summed E-state index contributed by atoms with van der Waals surface area (Å²) >= 11 is 0. The first kappa shape index (κ1) is 13.8. The summed E-state index contributed by atoms with van der Waals surface area (Å²) in [6, 6.07) is 9.70. The molecule has 0 amide bonds. The summed E-state index contributed by atoms with van der Waals surface area (Å²) in [5, 5.41) is 0. The Balaban J connectivity index is 2.00. The van der Waals surface area contributed by atoms with Crippen molar-refractivity contribution in [3.05, 3.63) is 35.9 Å². The summed E-state index contributed by atoms with van der Waals surface area (Å²) in [4.78, 5) is 24.2. The second-order valence-electron chi connectivity index (χ2n) is 5.02. The van der Waals surface area contributed by atoms with Gasteiger partial charge in [-0.25, -0.2) is 0 Å². The molecule has 0 heterocycles. The molecule has 0 aromatic heterocycles. The predicted molar refractivity (Wildman–Crippen MR) is 72.6 cm³/mol. The van der Waals surface area contributed by atoms with Gasteiger partial charge in [0.15, 0.2) is 0 Å². The monoisotopic (exact) mass is 260 g/mol. The molecular formula is C16H20O3. The van der Waals surface area contributed by atoms with Crippen LogP contribution in [-0.4, -0.2) is 18.4 Å². The molecule has 1 fully saturated rings. The molecule has 3 heteroatoms. The van der Waals surface area contributed by atoms with Crippen molar-refractivity contribution in [2.75, 3.05) is 6.61 Å². The Morgan fingerprint density at radius 2 is 1.84 bits per heavy atom. The summed E-state index contributed by atoms with van der Waals surface area (Å²) in [7, 11) is 0. The fraction of sp³-hybridized carbons (Fsp3) is 0.500. The molecule has 1 aromatic carbocycles. The van der Waals surface area contributed by atoms with E-state index in [9.17, 15) is 9.59 Å². The van der Waals surface area contributed by atoms with E-state index in [1.54, 1.807) is 6.92 Å². The number of benzene rings is 1. The lowest BCUT2D eigenvalue weighted by Gasteiger charge is -2.17. The molecule has 2 atom stereocenters. The van der Waals surface area contributed by atoms with Gasteiger partial charge in [0.25, 0.3) is 0 Å². The Hall–Kier alpha value is -1.64. The van der Waals surface area contributed by atoms with Gasteiger partial charge in [-0.1, -0.05) is 36.8 Å². The summed E-state index contributed by atoms with van der Waals surface area (Å²) in [5.74, 6) is -0.413. The van der Waals surface area contributed by atoms with Crippen LogP contribution < -0.4 is 0 Å². The molecule has 1 saturated carbocycles. The highest BCUT2D eigenvalue weighted by Gasteiger charge is 2.38. The molecule has 0 radical (unpaired) electrons. The zero-order valence-corrected chi connectivity index (χ0v) is 11.3. The molecule has 0 saturated heterocycles. The molecule has 0 spiro atoms. The minimum Gasteiger partial charge on any atom is -0.466 e. The smallest absolute Gasteiger partial charge is 0.309 e. The van der Waals surface area contributed by atoms with Gasteiger partial charge < -0.3 is 4.74 Å². The lowest BCUT2D eigenvalue weighted by Crippen LogP contribution is -2.28. The molecular weight excluding hydrogens is 240 g/mol. The minimum atomic E-state index is -0.226. The van der Waals surface area contributed by atoms with E-state index in [2.05, 4.69) is 0 Å². The average molecular weight is 260 g/mol. The number of esters is 1. The fourth-order valence-electron chi connectivity index (χ4n) is 2.80. The number of ketones is 1. The van der Waals surface area contributed by atoms with Gasteiger partial charge >= 0.3 is 5.97 Å². The molecule has 1 aromatic rings. The van der Waals surface area contributed by atoms with Crippen LogP contribution in [0.25, 0.3) is 0 Å². The largest absolute Gasteiger partial charge is 0.466 e. The van der Waals surface area contributed by atoms with Crippen molar-refractivity contribution in [2.24, 2.45) is 11.8 Å². The number of Topliss-reactive ketones (excluding diaryl/α,β-unsaturated/α-hetero) is 1. The van der Waals surface area contributed by atoms with Gasteiger partial charge in [0.1, 0.15) is 5.78 Å². The first-order valence-electron chi connectivity index (χ1n) is 6.95. The van der Waals surface area contributed by atoms with E-state index in [-0.39, 0.29) is 23.6 Å². The topological polar surface area (TPSA) is 43.4 Å². The van der Waals surface area contributed by atoms with Crippen LogP contribution in [0.4, 0.5) is 0 Å². The first-order valence-corrected chi connectivity index (χ1v) is 6.95. The molecule has 0 bridgehead atoms. The van der Waals surface area contributed by atoms with Crippen molar-refractivity contribution in [2.45, 2.75) is 32.6 Å². The van der Waals surface area contributed by atoms with Crippen molar-refractivity contribution < 1.29 is 14.3 Å². The van der Waals surface area contributed by atoms with Crippen LogP contribution in [0.2, 0.25) is 0 Å². The van der Waals surface area contributed by atoms with Gasteiger partial charge in [-0.3, -0.25) is 9.59 Å². The number of carbonyl (C=O) groups is 2. The molecule has 0 aliphatic heterocycles. The van der Waals surface area contributed by atoms with Crippen molar-refractivity contribution in [1.82, 2.24) is 0 Å². The van der Waals surface area contributed by atoms with Crippen LogP contribution in [0.15, 0.2) is 30.3 Å². The number of carbonyl (C=O) groups excluding carboxylic acids is 2. The molecule has 102 valence electrons. The van der Waals surface area contributed by atoms with Gasteiger partial charge in [0.2, 0.25) is 0 Å². The van der Waals surface area contributed by atoms with Gasteiger partial charge in [0, 0.05) is 12.3 Å². The summed E-state index contributed by atoms with van der Waals surface area (Å²) in [6.07, 6.45) is 2.95. The lowest BCUT2D eigenvalue weighted by molar-refractivity contribution is -0.151. The van der Waals surface area contributed by atoms with E-state index in [1.807, 2.05) is 30.3 Å². The highest BCUT2D eigenvalue weighted by Crippen LogP contribution is 2.34. The zero-order chi connectivity index (χ0) is 13.7. The van der Waals surface area contributed by atoms with Crippen molar-refractivity contribution in [1.29, 1.82) is 0 Å². The predicted octanol–water partition coefficient (Wildman–Crippen LogP) is 2.78. The molecule has 3 nitrogen and oxygen atoms in total. The highest BCUT2D eigenvalue weighted by atomic mass is 16.5. The van der Waals surface area contributed by atoms with Crippen molar-refractivity contribution >= 4 is 11.8 Å². The third-order valence-electron chi connectivity index (χ3n) is 3.74. The molecule has 1 aliphatic carbocycles. The quantitative estimate of drug-likeness (QED) is 0.765. The van der Waals surface area contributed by atoms with E-state index in [1.165, 1.54) is 0 Å². The van der Waals surface area contributed by atoms with E-state index < -0.39 is 0 Å². The van der Waals surface area contributed by atoms with Crippen LogP contribution in [0, 0.1) is 11.8 Å². The summed E-state index contributed by atoms with van der Waals surface area (Å²) < 4.78 is 5.07. The van der Waals surface area contributed by atoms with E-state index in [4.69, 9.17) is 4.74 Å². The third kappa shape index (κ3) is 3.43. The van der Waals surface area contributed by atoms with Crippen LogP contribution in [0.5, 0.6) is 0 Å². The number of hydrogen-bond donors (Lipinski definition) is 0. The van der Waals surface area contributed by atoms with Crippen LogP contribution in [0.3, 0.4) is 0 Å². The third-order valence-corrected chi connectivity index (χ3v) is 3.74. The van der Waals surface area contributed by atoms with Crippen molar-refractivity contribution in [3.8, 4) is 0 Å².